The molecule has 0 bridgehead atoms. The highest BCUT2D eigenvalue weighted by Gasteiger charge is 2.25. The lowest BCUT2D eigenvalue weighted by molar-refractivity contribution is 0.0686. The summed E-state index contributed by atoms with van der Waals surface area (Å²) in [6, 6.07) is 10.8. The molecule has 2 heterocycles. The van der Waals surface area contributed by atoms with E-state index in [0.717, 1.165) is 23.4 Å². The molecule has 29 heavy (non-hydrogen) atoms. The molecule has 0 spiro atoms. The number of amides is 3. The Morgan fingerprint density at radius 2 is 1.90 bits per heavy atom. The molecule has 1 aliphatic heterocycles. The first-order valence-corrected chi connectivity index (χ1v) is 11.2. The molecule has 1 fully saturated rings. The molecule has 154 valence electrons. The minimum absolute atomic E-state index is 0.0366. The zero-order valence-corrected chi connectivity index (χ0v) is 17.9. The standard InChI is InChI=1S/C21H25ClN4O2S/c1-29-19-18(3-2-10-23-19)20(27)26-11-8-16(9-12-26)14-25-21(28)24-13-15-4-6-17(22)7-5-15/h2-7,10,16H,8-9,11-14H2,1H3,(H2,24,25,28). The van der Waals surface area contributed by atoms with E-state index in [1.165, 1.54) is 11.8 Å². The molecule has 1 aromatic carbocycles. The Balaban J connectivity index is 1.40. The molecule has 2 N–H and O–H groups in total. The van der Waals surface area contributed by atoms with Gasteiger partial charge in [-0.25, -0.2) is 9.78 Å². The van der Waals surface area contributed by atoms with E-state index in [2.05, 4.69) is 15.6 Å². The van der Waals surface area contributed by atoms with Crippen molar-refractivity contribution >= 4 is 35.3 Å². The Kier molecular flexibility index (Phi) is 7.77. The van der Waals surface area contributed by atoms with Gasteiger partial charge in [0.2, 0.25) is 0 Å². The van der Waals surface area contributed by atoms with Crippen LogP contribution in [0.5, 0.6) is 0 Å². The van der Waals surface area contributed by atoms with Crippen LogP contribution in [0.25, 0.3) is 0 Å². The number of rotatable bonds is 6. The molecule has 1 saturated heterocycles. The molecular weight excluding hydrogens is 408 g/mol. The van der Waals surface area contributed by atoms with Gasteiger partial charge in [-0.05, 0) is 54.8 Å². The highest BCUT2D eigenvalue weighted by molar-refractivity contribution is 7.98. The predicted octanol–water partition coefficient (Wildman–Crippen LogP) is 3.81. The van der Waals surface area contributed by atoms with Crippen LogP contribution in [0.1, 0.15) is 28.8 Å². The van der Waals surface area contributed by atoms with E-state index in [4.69, 9.17) is 11.6 Å². The number of pyridine rings is 1. The normalized spacial score (nSPS) is 14.5. The quantitative estimate of drug-likeness (QED) is 0.680. The zero-order valence-electron chi connectivity index (χ0n) is 16.4. The minimum atomic E-state index is -0.182. The summed E-state index contributed by atoms with van der Waals surface area (Å²) in [7, 11) is 0. The Labute approximate surface area is 180 Å². The Morgan fingerprint density at radius 1 is 1.17 bits per heavy atom. The van der Waals surface area contributed by atoms with E-state index in [0.29, 0.717) is 42.7 Å². The lowest BCUT2D eigenvalue weighted by Crippen LogP contribution is -2.43. The third-order valence-electron chi connectivity index (χ3n) is 5.01. The SMILES string of the molecule is CSc1ncccc1C(=O)N1CCC(CNC(=O)NCc2ccc(Cl)cc2)CC1. The van der Waals surface area contributed by atoms with Gasteiger partial charge in [-0.15, -0.1) is 11.8 Å². The van der Waals surface area contributed by atoms with Crippen LogP contribution >= 0.6 is 23.4 Å². The predicted molar refractivity (Wildman–Crippen MR) is 116 cm³/mol. The maximum absolute atomic E-state index is 12.8. The number of nitrogens with zero attached hydrogens (tertiary/aromatic N) is 2. The van der Waals surface area contributed by atoms with Crippen molar-refractivity contribution in [2.75, 3.05) is 25.9 Å². The van der Waals surface area contributed by atoms with Gasteiger partial charge in [-0.2, -0.15) is 0 Å². The van der Waals surface area contributed by atoms with E-state index in [9.17, 15) is 9.59 Å². The largest absolute Gasteiger partial charge is 0.339 e. The molecule has 8 heteroatoms. The molecule has 1 aromatic heterocycles. The molecule has 0 atom stereocenters. The van der Waals surface area contributed by atoms with Gasteiger partial charge in [0.15, 0.2) is 0 Å². The lowest BCUT2D eigenvalue weighted by atomic mass is 9.96. The van der Waals surface area contributed by atoms with E-state index in [1.54, 1.807) is 24.4 Å². The van der Waals surface area contributed by atoms with Gasteiger partial charge in [-0.1, -0.05) is 23.7 Å². The van der Waals surface area contributed by atoms with Crippen LogP contribution in [0.15, 0.2) is 47.6 Å². The fourth-order valence-corrected chi connectivity index (χ4v) is 3.98. The Hall–Kier alpha value is -2.25. The molecular formula is C21H25ClN4O2S. The van der Waals surface area contributed by atoms with Crippen LogP contribution in [0, 0.1) is 5.92 Å². The summed E-state index contributed by atoms with van der Waals surface area (Å²) >= 11 is 7.35. The lowest BCUT2D eigenvalue weighted by Gasteiger charge is -2.32. The maximum atomic E-state index is 12.8. The topological polar surface area (TPSA) is 74.3 Å². The average Bonchev–Trinajstić information content (AvgIpc) is 2.77. The summed E-state index contributed by atoms with van der Waals surface area (Å²) in [6.45, 7) is 2.46. The number of carbonyl (C=O) groups excluding carboxylic acids is 2. The minimum Gasteiger partial charge on any atom is -0.339 e. The second kappa shape index (κ2) is 10.5. The summed E-state index contributed by atoms with van der Waals surface area (Å²) < 4.78 is 0. The summed E-state index contributed by atoms with van der Waals surface area (Å²) in [5.41, 5.74) is 1.66. The molecule has 0 radical (unpaired) electrons. The number of benzene rings is 1. The van der Waals surface area contributed by atoms with Gasteiger partial charge in [-0.3, -0.25) is 4.79 Å². The second-order valence-electron chi connectivity index (χ2n) is 6.99. The Bertz CT molecular complexity index is 839. The number of thioether (sulfide) groups is 1. The molecule has 6 nitrogen and oxygen atoms in total. The number of halogens is 1. The number of likely N-dealkylation sites (tertiary alicyclic amines) is 1. The van der Waals surface area contributed by atoms with E-state index in [-0.39, 0.29) is 11.9 Å². The first kappa shape index (κ1) is 21.5. The van der Waals surface area contributed by atoms with E-state index in [1.807, 2.05) is 29.4 Å². The molecule has 3 amide bonds. The summed E-state index contributed by atoms with van der Waals surface area (Å²) in [5, 5.41) is 7.23. The molecule has 0 saturated carbocycles. The van der Waals surface area contributed by atoms with Gasteiger partial charge in [0.05, 0.1) is 5.56 Å². The van der Waals surface area contributed by atoms with Crippen LogP contribution in [-0.4, -0.2) is 47.7 Å². The number of urea groups is 1. The number of carbonyl (C=O) groups is 2. The number of hydrogen-bond donors (Lipinski definition) is 2. The maximum Gasteiger partial charge on any atom is 0.315 e. The van der Waals surface area contributed by atoms with Crippen LogP contribution in [0.3, 0.4) is 0 Å². The van der Waals surface area contributed by atoms with Crippen LogP contribution in [0.4, 0.5) is 4.79 Å². The van der Waals surface area contributed by atoms with Crippen LogP contribution in [-0.2, 0) is 6.54 Å². The number of nitrogens with one attached hydrogen (secondary N) is 2. The third kappa shape index (κ3) is 6.11. The van der Waals surface area contributed by atoms with Crippen molar-refractivity contribution in [3.8, 4) is 0 Å². The molecule has 2 aromatic rings. The molecule has 0 aliphatic carbocycles. The smallest absolute Gasteiger partial charge is 0.315 e. The van der Waals surface area contributed by atoms with Crippen molar-refractivity contribution in [1.82, 2.24) is 20.5 Å². The van der Waals surface area contributed by atoms with Crippen molar-refractivity contribution in [2.24, 2.45) is 5.92 Å². The fraction of sp³-hybridized carbons (Fsp3) is 0.381. The van der Waals surface area contributed by atoms with Crippen molar-refractivity contribution in [3.05, 3.63) is 58.7 Å². The van der Waals surface area contributed by atoms with Gasteiger partial charge in [0.1, 0.15) is 5.03 Å². The summed E-state index contributed by atoms with van der Waals surface area (Å²) in [4.78, 5) is 31.0. The Morgan fingerprint density at radius 3 is 2.59 bits per heavy atom. The molecule has 3 rings (SSSR count). The second-order valence-corrected chi connectivity index (χ2v) is 8.22. The van der Waals surface area contributed by atoms with Gasteiger partial charge >= 0.3 is 6.03 Å². The van der Waals surface area contributed by atoms with Crippen LogP contribution in [0.2, 0.25) is 5.02 Å². The monoisotopic (exact) mass is 432 g/mol. The van der Waals surface area contributed by atoms with E-state index < -0.39 is 0 Å². The first-order valence-electron chi connectivity index (χ1n) is 9.61. The summed E-state index contributed by atoms with van der Waals surface area (Å²) in [5.74, 6) is 0.406. The fourth-order valence-electron chi connectivity index (χ4n) is 3.31. The van der Waals surface area contributed by atoms with Crippen molar-refractivity contribution in [2.45, 2.75) is 24.4 Å². The molecule has 0 unspecified atom stereocenters. The van der Waals surface area contributed by atoms with Crippen LogP contribution < -0.4 is 10.6 Å². The number of aromatic nitrogens is 1. The zero-order chi connectivity index (χ0) is 20.6. The highest BCUT2D eigenvalue weighted by atomic mass is 35.5. The van der Waals surface area contributed by atoms with Crippen molar-refractivity contribution in [1.29, 1.82) is 0 Å². The highest BCUT2D eigenvalue weighted by Crippen LogP contribution is 2.22. The number of piperidine rings is 1. The molecule has 1 aliphatic rings. The summed E-state index contributed by atoms with van der Waals surface area (Å²) in [6.07, 6.45) is 5.38. The van der Waals surface area contributed by atoms with E-state index >= 15 is 0 Å². The number of hydrogen-bond acceptors (Lipinski definition) is 4. The van der Waals surface area contributed by atoms with Gasteiger partial charge in [0.25, 0.3) is 5.91 Å². The van der Waals surface area contributed by atoms with Gasteiger partial charge in [0, 0.05) is 37.4 Å². The average molecular weight is 433 g/mol. The first-order chi connectivity index (χ1) is 14.1. The third-order valence-corrected chi connectivity index (χ3v) is 5.98. The van der Waals surface area contributed by atoms with Crippen molar-refractivity contribution in [3.63, 3.8) is 0 Å². The van der Waals surface area contributed by atoms with Gasteiger partial charge < -0.3 is 15.5 Å². The van der Waals surface area contributed by atoms with Crippen molar-refractivity contribution < 1.29 is 9.59 Å².